The van der Waals surface area contributed by atoms with Gasteiger partial charge < -0.3 is 5.73 Å². The Labute approximate surface area is 124 Å². The number of halogens is 1. The Morgan fingerprint density at radius 1 is 1.45 bits per heavy atom. The minimum absolute atomic E-state index is 0.0995. The van der Waals surface area contributed by atoms with Crippen LogP contribution in [0.1, 0.15) is 35.4 Å². The van der Waals surface area contributed by atoms with Gasteiger partial charge in [-0.15, -0.1) is 0 Å². The largest absolute Gasteiger partial charge is 0.327 e. The van der Waals surface area contributed by atoms with Crippen LogP contribution in [0.3, 0.4) is 0 Å². The molecule has 0 fully saturated rings. The van der Waals surface area contributed by atoms with E-state index >= 15 is 0 Å². The van der Waals surface area contributed by atoms with Gasteiger partial charge >= 0.3 is 0 Å². The van der Waals surface area contributed by atoms with E-state index in [1.54, 1.807) is 0 Å². The lowest BCUT2D eigenvalue weighted by Gasteiger charge is -2.34. The van der Waals surface area contributed by atoms with Gasteiger partial charge in [-0.1, -0.05) is 42.8 Å². The van der Waals surface area contributed by atoms with Gasteiger partial charge in [0.25, 0.3) is 0 Å². The van der Waals surface area contributed by atoms with Gasteiger partial charge in [0.15, 0.2) is 0 Å². The molecule has 2 N–H and O–H groups in total. The summed E-state index contributed by atoms with van der Waals surface area (Å²) in [5, 5.41) is 5.25. The summed E-state index contributed by atoms with van der Waals surface area (Å²) < 4.78 is 1.88. The Kier molecular flexibility index (Phi) is 3.57. The van der Waals surface area contributed by atoms with Crippen LogP contribution in [0, 0.1) is 0 Å². The molecule has 1 aliphatic carbocycles. The SMILES string of the molecule is CCc1nn(C)c(CC(N)C2Cc3ccccc32)c1Cl. The first-order valence-electron chi connectivity index (χ1n) is 7.15. The predicted molar refractivity (Wildman–Crippen MR) is 82.2 cm³/mol. The van der Waals surface area contributed by atoms with Crippen LogP contribution < -0.4 is 5.73 Å². The molecule has 20 heavy (non-hydrogen) atoms. The number of aromatic nitrogens is 2. The minimum Gasteiger partial charge on any atom is -0.327 e. The third-order valence-corrected chi connectivity index (χ3v) is 4.78. The zero-order valence-corrected chi connectivity index (χ0v) is 12.7. The highest BCUT2D eigenvalue weighted by Crippen LogP contribution is 2.38. The van der Waals surface area contributed by atoms with Crippen molar-refractivity contribution in [2.75, 3.05) is 0 Å². The third-order valence-electron chi connectivity index (χ3n) is 4.34. The normalized spacial score (nSPS) is 18.5. The van der Waals surface area contributed by atoms with Gasteiger partial charge in [0.1, 0.15) is 0 Å². The highest BCUT2D eigenvalue weighted by atomic mass is 35.5. The molecule has 0 bridgehead atoms. The first-order valence-corrected chi connectivity index (χ1v) is 7.53. The molecule has 1 aromatic carbocycles. The van der Waals surface area contributed by atoms with E-state index in [-0.39, 0.29) is 6.04 Å². The Morgan fingerprint density at radius 3 is 2.85 bits per heavy atom. The molecule has 0 saturated heterocycles. The summed E-state index contributed by atoms with van der Waals surface area (Å²) in [5.41, 5.74) is 11.3. The second-order valence-electron chi connectivity index (χ2n) is 5.56. The number of hydrogen-bond acceptors (Lipinski definition) is 2. The van der Waals surface area contributed by atoms with Crippen molar-refractivity contribution >= 4 is 11.6 Å². The number of hydrogen-bond donors (Lipinski definition) is 1. The van der Waals surface area contributed by atoms with Gasteiger partial charge in [-0.3, -0.25) is 4.68 Å². The van der Waals surface area contributed by atoms with Crippen molar-refractivity contribution in [3.05, 3.63) is 51.8 Å². The van der Waals surface area contributed by atoms with Gasteiger partial charge in [-0.05, 0) is 24.0 Å². The van der Waals surface area contributed by atoms with Crippen LogP contribution in [0.5, 0.6) is 0 Å². The standard InChI is InChI=1S/C16H20ClN3/c1-3-14-16(17)15(20(2)19-14)9-13(18)12-8-10-6-4-5-7-11(10)12/h4-7,12-13H,3,8-9,18H2,1-2H3. The summed E-state index contributed by atoms with van der Waals surface area (Å²) in [6.45, 7) is 2.07. The smallest absolute Gasteiger partial charge is 0.0850 e. The average Bonchev–Trinajstić information content (AvgIpc) is 2.67. The van der Waals surface area contributed by atoms with Gasteiger partial charge in [-0.25, -0.2) is 0 Å². The molecule has 2 unspecified atom stereocenters. The molecule has 1 aliphatic rings. The topological polar surface area (TPSA) is 43.8 Å². The van der Waals surface area contributed by atoms with Crippen molar-refractivity contribution in [1.82, 2.24) is 9.78 Å². The fourth-order valence-corrected chi connectivity index (χ4v) is 3.46. The summed E-state index contributed by atoms with van der Waals surface area (Å²) in [7, 11) is 1.95. The molecule has 0 radical (unpaired) electrons. The van der Waals surface area contributed by atoms with Gasteiger partial charge in [-0.2, -0.15) is 5.10 Å². The lowest BCUT2D eigenvalue weighted by atomic mass is 9.73. The average molecular weight is 290 g/mol. The highest BCUT2D eigenvalue weighted by Gasteiger charge is 2.31. The number of nitrogens with zero attached hydrogens (tertiary/aromatic N) is 2. The summed E-state index contributed by atoms with van der Waals surface area (Å²) in [6, 6.07) is 8.65. The van der Waals surface area contributed by atoms with Crippen LogP contribution >= 0.6 is 11.6 Å². The summed E-state index contributed by atoms with van der Waals surface area (Å²) in [6.07, 6.45) is 2.71. The molecular formula is C16H20ClN3. The molecule has 3 rings (SSSR count). The van der Waals surface area contributed by atoms with Crippen molar-refractivity contribution < 1.29 is 0 Å². The number of nitrogens with two attached hydrogens (primary N) is 1. The van der Waals surface area contributed by atoms with Crippen LogP contribution in [0.2, 0.25) is 5.02 Å². The molecule has 1 heterocycles. The summed E-state index contributed by atoms with van der Waals surface area (Å²) >= 11 is 6.40. The first-order chi connectivity index (χ1) is 9.61. The van der Waals surface area contributed by atoms with E-state index in [4.69, 9.17) is 17.3 Å². The Bertz CT molecular complexity index is 633. The lowest BCUT2D eigenvalue weighted by Crippen LogP contribution is -2.37. The van der Waals surface area contributed by atoms with Crippen LogP contribution in [0.4, 0.5) is 0 Å². The zero-order chi connectivity index (χ0) is 14.3. The molecule has 3 nitrogen and oxygen atoms in total. The number of rotatable bonds is 4. The quantitative estimate of drug-likeness (QED) is 0.940. The van der Waals surface area contributed by atoms with E-state index in [1.165, 1.54) is 11.1 Å². The number of fused-ring (bicyclic) bond motifs is 1. The molecular weight excluding hydrogens is 270 g/mol. The predicted octanol–water partition coefficient (Wildman–Crippen LogP) is 2.85. The van der Waals surface area contributed by atoms with Gasteiger partial charge in [0, 0.05) is 25.4 Å². The van der Waals surface area contributed by atoms with Crippen LogP contribution in [0.25, 0.3) is 0 Å². The second kappa shape index (κ2) is 5.23. The minimum atomic E-state index is 0.0995. The molecule has 2 aromatic rings. The summed E-state index contributed by atoms with van der Waals surface area (Å²) in [4.78, 5) is 0. The fourth-order valence-electron chi connectivity index (χ4n) is 3.09. The number of aryl methyl sites for hydroxylation is 2. The van der Waals surface area contributed by atoms with Crippen molar-refractivity contribution in [3.63, 3.8) is 0 Å². The van der Waals surface area contributed by atoms with E-state index in [0.29, 0.717) is 5.92 Å². The van der Waals surface area contributed by atoms with Crippen LogP contribution in [-0.4, -0.2) is 15.8 Å². The molecule has 2 atom stereocenters. The number of benzene rings is 1. The summed E-state index contributed by atoms with van der Waals surface area (Å²) in [5.74, 6) is 0.447. The van der Waals surface area contributed by atoms with Crippen LogP contribution in [0.15, 0.2) is 24.3 Å². The van der Waals surface area contributed by atoms with Crippen molar-refractivity contribution in [2.45, 2.75) is 38.1 Å². The van der Waals surface area contributed by atoms with Crippen LogP contribution in [-0.2, 0) is 26.3 Å². The lowest BCUT2D eigenvalue weighted by molar-refractivity contribution is 0.469. The second-order valence-corrected chi connectivity index (χ2v) is 5.94. The van der Waals surface area contributed by atoms with E-state index in [9.17, 15) is 0 Å². The Hall–Kier alpha value is -1.32. The maximum Gasteiger partial charge on any atom is 0.0850 e. The molecule has 0 amide bonds. The van der Waals surface area contributed by atoms with Gasteiger partial charge in [0.05, 0.1) is 16.4 Å². The molecule has 1 aromatic heterocycles. The third kappa shape index (κ3) is 2.15. The van der Waals surface area contributed by atoms with Crippen molar-refractivity contribution in [3.8, 4) is 0 Å². The molecule has 4 heteroatoms. The Morgan fingerprint density at radius 2 is 2.20 bits per heavy atom. The zero-order valence-electron chi connectivity index (χ0n) is 11.9. The molecule has 0 saturated carbocycles. The Balaban J connectivity index is 1.78. The van der Waals surface area contributed by atoms with E-state index in [2.05, 4.69) is 36.3 Å². The van der Waals surface area contributed by atoms with E-state index in [0.717, 1.165) is 35.7 Å². The molecule has 0 aliphatic heterocycles. The first kappa shape index (κ1) is 13.7. The molecule has 106 valence electrons. The van der Waals surface area contributed by atoms with Crippen molar-refractivity contribution in [2.24, 2.45) is 12.8 Å². The monoisotopic (exact) mass is 289 g/mol. The van der Waals surface area contributed by atoms with Gasteiger partial charge in [0.2, 0.25) is 0 Å². The molecule has 0 spiro atoms. The van der Waals surface area contributed by atoms with Crippen molar-refractivity contribution in [1.29, 1.82) is 0 Å². The van der Waals surface area contributed by atoms with E-state index in [1.807, 2.05) is 11.7 Å². The maximum atomic E-state index is 6.41. The highest BCUT2D eigenvalue weighted by molar-refractivity contribution is 6.31. The van der Waals surface area contributed by atoms with E-state index < -0.39 is 0 Å². The maximum absolute atomic E-state index is 6.41. The fraction of sp³-hybridized carbons (Fsp3) is 0.438.